The smallest absolute Gasteiger partial charge is 0.0136 e. The third kappa shape index (κ3) is 0.525. The Morgan fingerprint density at radius 3 is 1.50 bits per heavy atom. The van der Waals surface area contributed by atoms with Gasteiger partial charge in [-0.25, -0.2) is 0 Å². The summed E-state index contributed by atoms with van der Waals surface area (Å²) >= 11 is 0. The molecule has 0 fully saturated rings. The van der Waals surface area contributed by atoms with Crippen molar-refractivity contribution in [3.05, 3.63) is 23.3 Å². The molecule has 8 heavy (non-hydrogen) atoms. The van der Waals surface area contributed by atoms with E-state index in [1.54, 1.807) is 11.1 Å². The van der Waals surface area contributed by atoms with Crippen molar-refractivity contribution in [3.63, 3.8) is 0 Å². The molecule has 0 saturated heterocycles. The summed E-state index contributed by atoms with van der Waals surface area (Å²) in [7, 11) is 0. The Bertz CT molecular complexity index is 141. The minimum atomic E-state index is 1.26. The first-order valence-corrected chi connectivity index (χ1v) is 3.31. The molecule has 0 aromatic rings. The molecule has 0 aromatic heterocycles. The molecular formula is C8H10. The summed E-state index contributed by atoms with van der Waals surface area (Å²) < 4.78 is 0. The van der Waals surface area contributed by atoms with Crippen LogP contribution in [-0.4, -0.2) is 0 Å². The summed E-state index contributed by atoms with van der Waals surface area (Å²) in [4.78, 5) is 0. The third-order valence-electron chi connectivity index (χ3n) is 2.07. The Labute approximate surface area is 49.9 Å². The molecule has 0 N–H and O–H groups in total. The largest absolute Gasteiger partial charge is 0.0809 e. The lowest BCUT2D eigenvalue weighted by molar-refractivity contribution is 0.781. The highest BCUT2D eigenvalue weighted by Crippen LogP contribution is 2.30. The van der Waals surface area contributed by atoms with Gasteiger partial charge in [0.05, 0.1) is 0 Å². The van der Waals surface area contributed by atoms with Crippen LogP contribution in [0.5, 0.6) is 0 Å². The van der Waals surface area contributed by atoms with Gasteiger partial charge in [0.15, 0.2) is 0 Å². The van der Waals surface area contributed by atoms with Gasteiger partial charge in [0.25, 0.3) is 0 Å². The fraction of sp³-hybridized carbons (Fsp3) is 0.500. The number of fused-ring (bicyclic) bond motifs is 3. The number of hydrogen-bond donors (Lipinski definition) is 0. The van der Waals surface area contributed by atoms with Gasteiger partial charge in [-0.05, 0) is 25.7 Å². The maximum atomic E-state index is 2.39. The lowest BCUT2D eigenvalue weighted by atomic mass is 9.86. The minimum Gasteiger partial charge on any atom is -0.0809 e. The highest BCUT2D eigenvalue weighted by Gasteiger charge is 2.11. The zero-order chi connectivity index (χ0) is 5.40. The Morgan fingerprint density at radius 1 is 0.875 bits per heavy atom. The van der Waals surface area contributed by atoms with E-state index in [-0.39, 0.29) is 0 Å². The van der Waals surface area contributed by atoms with Crippen molar-refractivity contribution in [3.8, 4) is 0 Å². The third-order valence-corrected chi connectivity index (χ3v) is 2.07. The van der Waals surface area contributed by atoms with Crippen LogP contribution < -0.4 is 0 Å². The van der Waals surface area contributed by atoms with E-state index in [4.69, 9.17) is 0 Å². The van der Waals surface area contributed by atoms with E-state index in [2.05, 4.69) is 12.2 Å². The highest BCUT2D eigenvalue weighted by molar-refractivity contribution is 5.27. The molecule has 0 radical (unpaired) electrons. The Kier molecular flexibility index (Phi) is 0.806. The first-order valence-electron chi connectivity index (χ1n) is 3.31. The first kappa shape index (κ1) is 4.37. The molecule has 0 saturated carbocycles. The molecule has 0 spiro atoms. The Balaban J connectivity index is 2.36. The fourth-order valence-corrected chi connectivity index (χ4v) is 1.45. The normalized spacial score (nSPS) is 25.0. The van der Waals surface area contributed by atoms with Gasteiger partial charge in [-0.15, -0.1) is 0 Å². The fourth-order valence-electron chi connectivity index (χ4n) is 1.45. The average molecular weight is 106 g/mol. The quantitative estimate of drug-likeness (QED) is 0.416. The van der Waals surface area contributed by atoms with Crippen LogP contribution in [0.4, 0.5) is 0 Å². The molecule has 2 bridgehead atoms. The predicted octanol–water partition coefficient (Wildman–Crippen LogP) is 2.43. The van der Waals surface area contributed by atoms with Crippen LogP contribution in [0.1, 0.15) is 25.7 Å². The van der Waals surface area contributed by atoms with E-state index in [9.17, 15) is 0 Å². The molecule has 3 rings (SSSR count). The summed E-state index contributed by atoms with van der Waals surface area (Å²) in [5, 5.41) is 0. The summed E-state index contributed by atoms with van der Waals surface area (Å²) in [6, 6.07) is 0. The van der Waals surface area contributed by atoms with Crippen LogP contribution in [0.2, 0.25) is 0 Å². The second-order valence-electron chi connectivity index (χ2n) is 2.63. The zero-order valence-corrected chi connectivity index (χ0v) is 4.98. The summed E-state index contributed by atoms with van der Waals surface area (Å²) in [6.45, 7) is 0. The van der Waals surface area contributed by atoms with E-state index in [1.165, 1.54) is 25.7 Å². The zero-order valence-electron chi connectivity index (χ0n) is 4.98. The van der Waals surface area contributed by atoms with Crippen LogP contribution in [0.15, 0.2) is 23.3 Å². The van der Waals surface area contributed by atoms with E-state index in [1.807, 2.05) is 0 Å². The van der Waals surface area contributed by atoms with Crippen LogP contribution in [0.3, 0.4) is 0 Å². The van der Waals surface area contributed by atoms with Crippen LogP contribution in [0.25, 0.3) is 0 Å². The first-order chi connectivity index (χ1) is 3.95. The van der Waals surface area contributed by atoms with Gasteiger partial charge in [0, 0.05) is 0 Å². The van der Waals surface area contributed by atoms with Crippen LogP contribution in [-0.2, 0) is 0 Å². The van der Waals surface area contributed by atoms with Gasteiger partial charge in [-0.2, -0.15) is 0 Å². The van der Waals surface area contributed by atoms with Gasteiger partial charge in [-0.3, -0.25) is 0 Å². The van der Waals surface area contributed by atoms with Crippen molar-refractivity contribution in [1.82, 2.24) is 0 Å². The molecule has 0 nitrogen and oxygen atoms in total. The molecule has 3 aliphatic carbocycles. The summed E-state index contributed by atoms with van der Waals surface area (Å²) in [6.07, 6.45) is 10.0. The SMILES string of the molecule is C1=C2CC=C(C1)CC2. The van der Waals surface area contributed by atoms with E-state index < -0.39 is 0 Å². The second-order valence-corrected chi connectivity index (χ2v) is 2.63. The van der Waals surface area contributed by atoms with Crippen molar-refractivity contribution in [2.24, 2.45) is 0 Å². The highest BCUT2D eigenvalue weighted by atomic mass is 14.2. The van der Waals surface area contributed by atoms with Gasteiger partial charge < -0.3 is 0 Å². The minimum absolute atomic E-state index is 1.26. The van der Waals surface area contributed by atoms with E-state index in [0.29, 0.717) is 0 Å². The van der Waals surface area contributed by atoms with Crippen LogP contribution in [0, 0.1) is 0 Å². The molecule has 0 unspecified atom stereocenters. The number of allylic oxidation sites excluding steroid dienone is 4. The Hall–Kier alpha value is -0.520. The molecule has 0 aromatic carbocycles. The maximum Gasteiger partial charge on any atom is -0.0136 e. The van der Waals surface area contributed by atoms with Crippen molar-refractivity contribution < 1.29 is 0 Å². The van der Waals surface area contributed by atoms with Crippen molar-refractivity contribution in [2.75, 3.05) is 0 Å². The predicted molar refractivity (Wildman–Crippen MR) is 34.6 cm³/mol. The molecule has 42 valence electrons. The van der Waals surface area contributed by atoms with E-state index >= 15 is 0 Å². The second kappa shape index (κ2) is 1.48. The molecular weight excluding hydrogens is 96.1 g/mol. The van der Waals surface area contributed by atoms with Gasteiger partial charge in [0.1, 0.15) is 0 Å². The standard InChI is InChI=1S/C8H10/c1-2-8-5-3-7(1)4-6-8/h1,5H,2-4,6H2. The lowest BCUT2D eigenvalue weighted by Crippen LogP contribution is -2.00. The van der Waals surface area contributed by atoms with Crippen LogP contribution >= 0.6 is 0 Å². The van der Waals surface area contributed by atoms with E-state index in [0.717, 1.165) is 0 Å². The summed E-state index contributed by atoms with van der Waals surface area (Å²) in [5.41, 5.74) is 3.33. The molecule has 3 aliphatic rings. The molecule has 0 amide bonds. The average Bonchev–Trinajstić information content (AvgIpc) is 1.92. The Morgan fingerprint density at radius 2 is 1.38 bits per heavy atom. The topological polar surface area (TPSA) is 0 Å². The van der Waals surface area contributed by atoms with Crippen molar-refractivity contribution in [1.29, 1.82) is 0 Å². The molecule has 0 atom stereocenters. The number of hydrogen-bond acceptors (Lipinski definition) is 0. The summed E-state index contributed by atoms with van der Waals surface area (Å²) in [5.74, 6) is 0. The molecule has 0 heteroatoms. The monoisotopic (exact) mass is 106 g/mol. The van der Waals surface area contributed by atoms with Crippen molar-refractivity contribution in [2.45, 2.75) is 25.7 Å². The molecule has 0 aliphatic heterocycles. The van der Waals surface area contributed by atoms with Gasteiger partial charge in [0.2, 0.25) is 0 Å². The maximum absolute atomic E-state index is 2.39. The van der Waals surface area contributed by atoms with Gasteiger partial charge >= 0.3 is 0 Å². The molecule has 0 heterocycles. The lowest BCUT2D eigenvalue weighted by Gasteiger charge is -2.20. The van der Waals surface area contributed by atoms with Crippen molar-refractivity contribution >= 4 is 0 Å². The number of rotatable bonds is 0. The van der Waals surface area contributed by atoms with Gasteiger partial charge in [-0.1, -0.05) is 23.3 Å².